The Morgan fingerprint density at radius 1 is 0.667 bits per heavy atom. The lowest BCUT2D eigenvalue weighted by Gasteiger charge is -2.12. The molecule has 0 unspecified atom stereocenters. The van der Waals surface area contributed by atoms with Crippen LogP contribution in [0, 0.1) is 0 Å². The van der Waals surface area contributed by atoms with Crippen molar-refractivity contribution in [3.05, 3.63) is 103 Å². The van der Waals surface area contributed by atoms with E-state index in [1.165, 1.54) is 18.2 Å². The van der Waals surface area contributed by atoms with E-state index < -0.39 is 0 Å². The molecule has 210 valence electrons. The Labute approximate surface area is 248 Å². The Kier molecular flexibility index (Phi) is 6.88. The summed E-state index contributed by atoms with van der Waals surface area (Å²) in [5, 5.41) is 9.91. The highest BCUT2D eigenvalue weighted by atomic mass is 35.5. The number of rotatable bonds is 7. The van der Waals surface area contributed by atoms with Crippen LogP contribution in [0.4, 0.5) is 0 Å². The number of carbonyl (C=O) groups excluding carboxylic acids is 2. The monoisotopic (exact) mass is 600 g/mol. The van der Waals surface area contributed by atoms with Gasteiger partial charge in [0, 0.05) is 73.0 Å². The van der Waals surface area contributed by atoms with Gasteiger partial charge in [0.1, 0.15) is 23.6 Å². The molecule has 4 heterocycles. The van der Waals surface area contributed by atoms with Gasteiger partial charge in [-0.3, -0.25) is 9.59 Å². The van der Waals surface area contributed by atoms with E-state index in [9.17, 15) is 19.2 Å². The van der Waals surface area contributed by atoms with Crippen LogP contribution < -0.4 is 11.1 Å². The Balaban J connectivity index is 1.46. The highest BCUT2D eigenvalue weighted by Crippen LogP contribution is 2.42. The maximum atomic E-state index is 12.9. The zero-order valence-electron chi connectivity index (χ0n) is 22.4. The molecule has 4 aromatic heterocycles. The third kappa shape index (κ3) is 4.36. The van der Waals surface area contributed by atoms with Gasteiger partial charge in [-0.05, 0) is 12.1 Å². The average molecular weight is 601 g/mol. The number of hydrogen-bond acceptors (Lipinski definition) is 6. The Hall–Kier alpha value is -4.80. The first-order valence-corrected chi connectivity index (χ1v) is 13.6. The summed E-state index contributed by atoms with van der Waals surface area (Å²) in [4.78, 5) is 47.9. The summed E-state index contributed by atoms with van der Waals surface area (Å²) in [6.07, 6.45) is 4.94. The van der Waals surface area contributed by atoms with Gasteiger partial charge in [-0.15, -0.1) is 0 Å². The predicted octanol–water partition coefficient (Wildman–Crippen LogP) is 4.17. The Bertz CT molecular complexity index is 2040. The van der Waals surface area contributed by atoms with E-state index in [0.29, 0.717) is 66.1 Å². The molecule has 0 saturated heterocycles. The molecular weight excluding hydrogens is 579 g/mol. The zero-order valence-corrected chi connectivity index (χ0v) is 23.9. The summed E-state index contributed by atoms with van der Waals surface area (Å²) in [6.45, 7) is 0. The zero-order chi connectivity index (χ0) is 29.7. The largest absolute Gasteiger partial charge is 0.312 e. The molecule has 0 aliphatic carbocycles. The van der Waals surface area contributed by atoms with Gasteiger partial charge in [0.15, 0.2) is 0 Å². The van der Waals surface area contributed by atoms with Crippen molar-refractivity contribution in [2.45, 2.75) is 12.8 Å². The van der Waals surface area contributed by atoms with Gasteiger partial charge in [0.25, 0.3) is 11.1 Å². The average Bonchev–Trinajstić information content (AvgIpc) is 3.60. The molecule has 0 amide bonds. The standard InChI is InChI=1S/C30H22Cl2N6O4/c1-35-17(9-11-39)15-37-25(29(35)41)13-23(33-37)21-7-3-5-19(27(21)31)20-6-4-8-22(28(20)32)24-14-26-30(42)36(2)18(10-12-40)16-38(26)34-24/h3-8,11-16H,9-10H2,1-2H3. The molecule has 6 rings (SSSR count). The summed E-state index contributed by atoms with van der Waals surface area (Å²) in [5.74, 6) is 0. The molecule has 0 bridgehead atoms. The van der Waals surface area contributed by atoms with E-state index in [1.54, 1.807) is 50.8 Å². The summed E-state index contributed by atoms with van der Waals surface area (Å²) >= 11 is 13.9. The Morgan fingerprint density at radius 2 is 1.05 bits per heavy atom. The lowest BCUT2D eigenvalue weighted by Crippen LogP contribution is -2.22. The molecule has 0 aliphatic heterocycles. The van der Waals surface area contributed by atoms with Gasteiger partial charge < -0.3 is 18.7 Å². The first-order valence-electron chi connectivity index (χ1n) is 12.9. The molecule has 42 heavy (non-hydrogen) atoms. The van der Waals surface area contributed by atoms with Gasteiger partial charge >= 0.3 is 0 Å². The van der Waals surface area contributed by atoms with Crippen LogP contribution in [0.25, 0.3) is 44.7 Å². The smallest absolute Gasteiger partial charge is 0.276 e. The maximum Gasteiger partial charge on any atom is 0.276 e. The normalized spacial score (nSPS) is 11.4. The van der Waals surface area contributed by atoms with Crippen LogP contribution >= 0.6 is 23.2 Å². The fourth-order valence-electron chi connectivity index (χ4n) is 5.05. The van der Waals surface area contributed by atoms with E-state index in [1.807, 2.05) is 24.3 Å². The minimum absolute atomic E-state index is 0.0861. The van der Waals surface area contributed by atoms with Crippen molar-refractivity contribution in [3.8, 4) is 33.6 Å². The van der Waals surface area contributed by atoms with Gasteiger partial charge in [-0.1, -0.05) is 59.6 Å². The second-order valence-corrected chi connectivity index (χ2v) is 10.5. The highest BCUT2D eigenvalue weighted by molar-refractivity contribution is 6.39. The summed E-state index contributed by atoms with van der Waals surface area (Å²) < 4.78 is 5.77. The third-order valence-corrected chi connectivity index (χ3v) is 8.16. The third-order valence-electron chi connectivity index (χ3n) is 7.35. The number of fused-ring (bicyclic) bond motifs is 2. The van der Waals surface area contributed by atoms with E-state index in [-0.39, 0.29) is 24.0 Å². The first-order chi connectivity index (χ1) is 20.2. The molecule has 6 aromatic rings. The van der Waals surface area contributed by atoms with E-state index >= 15 is 0 Å². The van der Waals surface area contributed by atoms with Crippen molar-refractivity contribution in [1.29, 1.82) is 0 Å². The number of carbonyl (C=O) groups is 2. The number of benzene rings is 2. The minimum atomic E-state index is -0.281. The summed E-state index contributed by atoms with van der Waals surface area (Å²) in [7, 11) is 3.23. The van der Waals surface area contributed by atoms with Crippen molar-refractivity contribution in [3.63, 3.8) is 0 Å². The predicted molar refractivity (Wildman–Crippen MR) is 160 cm³/mol. The van der Waals surface area contributed by atoms with Crippen LogP contribution in [0.15, 0.2) is 70.5 Å². The van der Waals surface area contributed by atoms with Crippen molar-refractivity contribution >= 4 is 46.8 Å². The van der Waals surface area contributed by atoms with Gasteiger partial charge in [-0.25, -0.2) is 9.03 Å². The van der Waals surface area contributed by atoms with Gasteiger partial charge in [0.2, 0.25) is 0 Å². The van der Waals surface area contributed by atoms with E-state index in [2.05, 4.69) is 10.2 Å². The second-order valence-electron chi connectivity index (χ2n) is 9.76. The molecular formula is C30H22Cl2N6O4. The molecule has 0 radical (unpaired) electrons. The summed E-state index contributed by atoms with van der Waals surface area (Å²) in [6, 6.07) is 14.2. The maximum absolute atomic E-state index is 12.9. The summed E-state index contributed by atoms with van der Waals surface area (Å²) in [5.41, 5.74) is 4.63. The number of halogens is 2. The van der Waals surface area contributed by atoms with Crippen LogP contribution in [-0.4, -0.2) is 40.9 Å². The van der Waals surface area contributed by atoms with Crippen molar-refractivity contribution < 1.29 is 9.59 Å². The molecule has 10 nitrogen and oxygen atoms in total. The van der Waals surface area contributed by atoms with E-state index in [0.717, 1.165) is 12.6 Å². The van der Waals surface area contributed by atoms with Crippen LogP contribution in [-0.2, 0) is 36.5 Å². The van der Waals surface area contributed by atoms with Crippen molar-refractivity contribution in [2.24, 2.45) is 14.1 Å². The number of aromatic nitrogens is 6. The molecule has 0 spiro atoms. The molecule has 12 heteroatoms. The molecule has 0 fully saturated rings. The quantitative estimate of drug-likeness (QED) is 0.254. The fourth-order valence-corrected chi connectivity index (χ4v) is 5.70. The molecule has 2 aromatic carbocycles. The molecule has 0 atom stereocenters. The second kappa shape index (κ2) is 10.6. The number of aldehydes is 2. The SMILES string of the molecule is Cn1c(CC=O)cn2nc(-c3cccc(-c4cccc(-c5cc6c(=O)n(C)c(CC=O)cn6n5)c4Cl)c3Cl)cc2c1=O. The molecule has 0 N–H and O–H groups in total. The van der Waals surface area contributed by atoms with Crippen LogP contribution in [0.5, 0.6) is 0 Å². The number of hydrogen-bond donors (Lipinski definition) is 0. The van der Waals surface area contributed by atoms with Crippen molar-refractivity contribution in [1.82, 2.24) is 28.4 Å². The van der Waals surface area contributed by atoms with E-state index in [4.69, 9.17) is 23.2 Å². The lowest BCUT2D eigenvalue weighted by molar-refractivity contribution is -0.108. The van der Waals surface area contributed by atoms with Crippen LogP contribution in [0.1, 0.15) is 11.4 Å². The highest BCUT2D eigenvalue weighted by Gasteiger charge is 2.20. The van der Waals surface area contributed by atoms with Crippen LogP contribution in [0.2, 0.25) is 10.0 Å². The van der Waals surface area contributed by atoms with Crippen molar-refractivity contribution in [2.75, 3.05) is 0 Å². The van der Waals surface area contributed by atoms with Gasteiger partial charge in [0.05, 0.1) is 21.4 Å². The fraction of sp³-hybridized carbons (Fsp3) is 0.133. The molecule has 0 saturated carbocycles. The molecule has 0 aliphatic rings. The minimum Gasteiger partial charge on any atom is -0.312 e. The lowest BCUT2D eigenvalue weighted by atomic mass is 9.98. The van der Waals surface area contributed by atoms with Gasteiger partial charge in [-0.2, -0.15) is 10.2 Å². The Morgan fingerprint density at radius 3 is 1.43 bits per heavy atom. The topological polar surface area (TPSA) is 113 Å². The first kappa shape index (κ1) is 27.4. The number of nitrogens with zero attached hydrogens (tertiary/aromatic N) is 6. The van der Waals surface area contributed by atoms with Crippen LogP contribution in [0.3, 0.4) is 0 Å².